The van der Waals surface area contributed by atoms with Gasteiger partial charge in [0, 0.05) is 12.4 Å². The van der Waals surface area contributed by atoms with Crippen molar-refractivity contribution in [2.75, 3.05) is 34.3 Å². The first-order valence-electron chi connectivity index (χ1n) is 4.64. The third-order valence-electron chi connectivity index (χ3n) is 1.43. The zero-order valence-corrected chi connectivity index (χ0v) is 11.7. The molecule has 0 aliphatic carbocycles. The summed E-state index contributed by atoms with van der Waals surface area (Å²) in [6, 6.07) is 0. The number of aromatic amines is 1. The molecule has 0 bridgehead atoms. The number of aromatic nitrogens is 2. The number of hydrogen-bond donors (Lipinski definition) is 3. The second-order valence-electron chi connectivity index (χ2n) is 4.10. The van der Waals surface area contributed by atoms with Crippen molar-refractivity contribution in [3.63, 3.8) is 0 Å². The van der Waals surface area contributed by atoms with Crippen LogP contribution in [0.1, 0.15) is 0 Å². The number of phosphoric ester groups is 1. The van der Waals surface area contributed by atoms with Crippen LogP contribution in [0.2, 0.25) is 0 Å². The molecule has 0 aliphatic rings. The molecular weight excluding hydrogens is 269 g/mol. The summed E-state index contributed by atoms with van der Waals surface area (Å²) >= 11 is 0. The molecule has 17 heavy (non-hydrogen) atoms. The van der Waals surface area contributed by atoms with Gasteiger partial charge in [0.15, 0.2) is 0 Å². The molecule has 1 heterocycles. The average Bonchev–Trinajstić information content (AvgIpc) is 2.54. The lowest BCUT2D eigenvalue weighted by atomic mass is 10.5. The first-order valence-corrected chi connectivity index (χ1v) is 6.17. The van der Waals surface area contributed by atoms with E-state index in [0.717, 1.165) is 0 Å². The smallest absolute Gasteiger partial charge is 0.469 e. The van der Waals surface area contributed by atoms with Crippen molar-refractivity contribution in [3.8, 4) is 0 Å². The Labute approximate surface area is 107 Å². The Morgan fingerprint density at radius 2 is 2.00 bits per heavy atom. The van der Waals surface area contributed by atoms with Crippen LogP contribution in [0, 0.1) is 0 Å². The summed E-state index contributed by atoms with van der Waals surface area (Å²) < 4.78 is 15.1. The van der Waals surface area contributed by atoms with E-state index in [-0.39, 0.29) is 19.0 Å². The van der Waals surface area contributed by atoms with Gasteiger partial charge in [0.05, 0.1) is 27.5 Å². The number of hydrogen-bond acceptors (Lipinski definition) is 3. The van der Waals surface area contributed by atoms with Gasteiger partial charge in [0.1, 0.15) is 13.2 Å². The van der Waals surface area contributed by atoms with Crippen LogP contribution >= 0.6 is 7.82 Å². The normalized spacial score (nSPS) is 11.1. The first-order chi connectivity index (χ1) is 7.21. The zero-order chi connectivity index (χ0) is 12.7. The first kappa shape index (κ1) is 18.9. The maximum Gasteiger partial charge on any atom is 0.469 e. The van der Waals surface area contributed by atoms with Crippen LogP contribution in [0.3, 0.4) is 0 Å². The molecule has 1 aromatic rings. The molecule has 0 unspecified atom stereocenters. The Morgan fingerprint density at radius 1 is 1.41 bits per heavy atom. The van der Waals surface area contributed by atoms with Gasteiger partial charge in [-0.2, -0.15) is 0 Å². The van der Waals surface area contributed by atoms with E-state index < -0.39 is 7.82 Å². The number of nitrogens with zero attached hydrogens (tertiary/aromatic N) is 2. The molecule has 0 saturated carbocycles. The van der Waals surface area contributed by atoms with Gasteiger partial charge in [-0.3, -0.25) is 4.52 Å². The Balaban J connectivity index is 0. The van der Waals surface area contributed by atoms with Gasteiger partial charge in [-0.05, 0) is 0 Å². The molecule has 0 atom stereocenters. The predicted octanol–water partition coefficient (Wildman–Crippen LogP) is -2.78. The second kappa shape index (κ2) is 8.63. The number of nitrogens with one attached hydrogen (secondary N) is 1. The summed E-state index contributed by atoms with van der Waals surface area (Å²) in [7, 11) is 1.50. The van der Waals surface area contributed by atoms with Crippen LogP contribution in [-0.4, -0.2) is 58.5 Å². The van der Waals surface area contributed by atoms with Crippen molar-refractivity contribution in [2.24, 2.45) is 0 Å². The summed E-state index contributed by atoms with van der Waals surface area (Å²) in [4.78, 5) is 23.0. The summed E-state index contributed by atoms with van der Waals surface area (Å²) in [5.74, 6) is 0. The highest BCUT2D eigenvalue weighted by molar-refractivity contribution is 7.46. The second-order valence-corrected chi connectivity index (χ2v) is 5.34. The molecule has 0 spiro atoms. The molecule has 1 rings (SSSR count). The Bertz CT molecular complexity index is 292. The fourth-order valence-electron chi connectivity index (χ4n) is 0.649. The lowest BCUT2D eigenvalue weighted by Crippen LogP contribution is -3.00. The van der Waals surface area contributed by atoms with Crippen molar-refractivity contribution in [2.45, 2.75) is 0 Å². The molecule has 1 aromatic heterocycles. The van der Waals surface area contributed by atoms with E-state index in [1.165, 1.54) is 0 Å². The summed E-state index contributed by atoms with van der Waals surface area (Å²) in [6.07, 6.45) is 5.08. The molecule has 7 nitrogen and oxygen atoms in total. The van der Waals surface area contributed by atoms with Crippen LogP contribution in [-0.2, 0) is 9.09 Å². The topological polar surface area (TPSA) is 95.4 Å². The quantitative estimate of drug-likeness (QED) is 0.411. The largest absolute Gasteiger partial charge is 1.00 e. The van der Waals surface area contributed by atoms with E-state index in [0.29, 0.717) is 11.0 Å². The maximum absolute atomic E-state index is 10.2. The number of halogens is 1. The van der Waals surface area contributed by atoms with E-state index in [1.54, 1.807) is 18.7 Å². The van der Waals surface area contributed by atoms with Crippen LogP contribution < -0.4 is 12.4 Å². The number of phosphoric acid groups is 1. The van der Waals surface area contributed by atoms with E-state index in [4.69, 9.17) is 9.79 Å². The van der Waals surface area contributed by atoms with Gasteiger partial charge in [-0.25, -0.2) is 9.55 Å². The third kappa shape index (κ3) is 18.1. The van der Waals surface area contributed by atoms with Crippen LogP contribution in [0.25, 0.3) is 0 Å². The summed E-state index contributed by atoms with van der Waals surface area (Å²) in [5.41, 5.74) is 0. The van der Waals surface area contributed by atoms with E-state index in [1.807, 2.05) is 21.1 Å². The van der Waals surface area contributed by atoms with Crippen LogP contribution in [0.15, 0.2) is 18.7 Å². The van der Waals surface area contributed by atoms with Crippen molar-refractivity contribution in [1.29, 1.82) is 0 Å². The third-order valence-corrected chi connectivity index (χ3v) is 1.95. The minimum Gasteiger partial charge on any atom is -1.00 e. The molecule has 0 radical (unpaired) electrons. The van der Waals surface area contributed by atoms with E-state index in [2.05, 4.69) is 14.5 Å². The molecule has 0 aromatic carbocycles. The number of quaternary nitrogens is 1. The molecule has 0 amide bonds. The standard InChI is InChI=1S/C5H14NO4P.C3H4N2.ClH/c1-6(2,3)4-5-10-11(7,8)9;1-2-5-3-4-1;/h4-5H2,1-3H3,(H-,7,8,9);1-3H,(H,4,5);1H. The van der Waals surface area contributed by atoms with E-state index in [9.17, 15) is 4.57 Å². The molecule has 9 heteroatoms. The van der Waals surface area contributed by atoms with Crippen LogP contribution in [0.4, 0.5) is 0 Å². The number of likely N-dealkylation sites (N-methyl/N-ethyl adjacent to an activating group) is 1. The van der Waals surface area contributed by atoms with Crippen molar-refractivity contribution in [1.82, 2.24) is 9.97 Å². The fourth-order valence-corrected chi connectivity index (χ4v) is 0.968. The van der Waals surface area contributed by atoms with Gasteiger partial charge in [-0.1, -0.05) is 0 Å². The van der Waals surface area contributed by atoms with E-state index >= 15 is 0 Å². The minimum absolute atomic E-state index is 0. The minimum atomic E-state index is -4.26. The molecule has 0 aliphatic heterocycles. The van der Waals surface area contributed by atoms with Gasteiger partial charge in [-0.15, -0.1) is 0 Å². The zero-order valence-electron chi connectivity index (χ0n) is 10.1. The van der Waals surface area contributed by atoms with Crippen molar-refractivity contribution in [3.05, 3.63) is 18.7 Å². The Kier molecular flexibility index (Phi) is 9.61. The Hall–Kier alpha value is -0.430. The highest BCUT2D eigenvalue weighted by Crippen LogP contribution is 2.35. The van der Waals surface area contributed by atoms with Gasteiger partial charge >= 0.3 is 7.82 Å². The summed E-state index contributed by atoms with van der Waals surface area (Å²) in [5, 5.41) is 0. The van der Waals surface area contributed by atoms with Gasteiger partial charge < -0.3 is 31.7 Å². The van der Waals surface area contributed by atoms with Crippen molar-refractivity contribution < 1.29 is 35.8 Å². The number of imidazole rings is 1. The maximum atomic E-state index is 10.2. The highest BCUT2D eigenvalue weighted by Gasteiger charge is 2.15. The molecular formula is C8H19ClN3O4P. The lowest BCUT2D eigenvalue weighted by Gasteiger charge is -2.23. The van der Waals surface area contributed by atoms with Gasteiger partial charge in [0.2, 0.25) is 0 Å². The number of H-pyrrole nitrogens is 1. The number of rotatable bonds is 4. The monoisotopic (exact) mass is 287 g/mol. The van der Waals surface area contributed by atoms with Gasteiger partial charge in [0.25, 0.3) is 0 Å². The SMILES string of the molecule is C[N+](C)(C)CCOP(=O)(O)O.[Cl-].c1c[nH]cn1. The van der Waals surface area contributed by atoms with Crippen LogP contribution in [0.5, 0.6) is 0 Å². The lowest BCUT2D eigenvalue weighted by molar-refractivity contribution is -0.870. The summed E-state index contributed by atoms with van der Waals surface area (Å²) in [6.45, 7) is 0.652. The molecule has 3 N–H and O–H groups in total. The fraction of sp³-hybridized carbons (Fsp3) is 0.625. The predicted molar refractivity (Wildman–Crippen MR) is 59.5 cm³/mol. The Morgan fingerprint density at radius 3 is 2.24 bits per heavy atom. The molecule has 0 saturated heterocycles. The highest BCUT2D eigenvalue weighted by atomic mass is 35.5. The molecule has 0 fully saturated rings. The average molecular weight is 288 g/mol. The molecule has 102 valence electrons. The van der Waals surface area contributed by atoms with Crippen molar-refractivity contribution >= 4 is 7.82 Å².